The molecule has 1 saturated heterocycles. The largest absolute Gasteiger partial charge is 0.441 e. The van der Waals surface area contributed by atoms with Gasteiger partial charge in [0, 0.05) is 57.3 Å². The van der Waals surface area contributed by atoms with Gasteiger partial charge < -0.3 is 14.6 Å². The third-order valence-electron chi connectivity index (χ3n) is 5.56. The summed E-state index contributed by atoms with van der Waals surface area (Å²) in [5.74, 6) is -1.02. The molecule has 0 aliphatic carbocycles. The Labute approximate surface area is 185 Å². The number of piperazine rings is 1. The van der Waals surface area contributed by atoms with E-state index >= 15 is 0 Å². The Balaban J connectivity index is 1.26. The zero-order chi connectivity index (χ0) is 22.5. The highest BCUT2D eigenvalue weighted by Gasteiger charge is 2.15. The first-order chi connectivity index (χ1) is 15.5. The van der Waals surface area contributed by atoms with Gasteiger partial charge in [0.1, 0.15) is 11.6 Å². The molecule has 32 heavy (non-hydrogen) atoms. The van der Waals surface area contributed by atoms with Gasteiger partial charge in [0.05, 0.1) is 11.8 Å². The number of hydrogen-bond acceptors (Lipinski definition) is 5. The van der Waals surface area contributed by atoms with Crippen LogP contribution in [0.3, 0.4) is 0 Å². The number of carbonyl (C=O) groups excluding carboxylic acids is 1. The monoisotopic (exact) mass is 440 g/mol. The van der Waals surface area contributed by atoms with Crippen molar-refractivity contribution in [2.75, 3.05) is 38.5 Å². The van der Waals surface area contributed by atoms with Gasteiger partial charge in [-0.3, -0.25) is 9.69 Å². The SMILES string of the molecule is CN1CCN(Cc2ccc(NC(=O)CCc3ncc(-c4ccc(F)cc4F)o3)cc2)CC1. The summed E-state index contributed by atoms with van der Waals surface area (Å²) in [5.41, 5.74) is 2.08. The molecule has 0 spiro atoms. The molecule has 1 aliphatic rings. The topological polar surface area (TPSA) is 61.6 Å². The lowest BCUT2D eigenvalue weighted by Crippen LogP contribution is -2.43. The maximum atomic E-state index is 13.9. The van der Waals surface area contributed by atoms with E-state index in [1.165, 1.54) is 17.8 Å². The Morgan fingerprint density at radius 3 is 2.56 bits per heavy atom. The van der Waals surface area contributed by atoms with Crippen LogP contribution in [0, 0.1) is 11.6 Å². The van der Waals surface area contributed by atoms with Gasteiger partial charge in [0.2, 0.25) is 5.91 Å². The summed E-state index contributed by atoms with van der Waals surface area (Å²) in [6.45, 7) is 5.19. The molecule has 168 valence electrons. The number of nitrogens with one attached hydrogen (secondary N) is 1. The summed E-state index contributed by atoms with van der Waals surface area (Å²) in [5, 5.41) is 2.87. The third kappa shape index (κ3) is 5.77. The lowest BCUT2D eigenvalue weighted by molar-refractivity contribution is -0.116. The lowest BCUT2D eigenvalue weighted by atomic mass is 10.1. The number of halogens is 2. The number of oxazole rings is 1. The molecule has 4 rings (SSSR count). The number of aryl methyl sites for hydroxylation is 1. The Kier molecular flexibility index (Phi) is 6.92. The van der Waals surface area contributed by atoms with Gasteiger partial charge in [-0.1, -0.05) is 12.1 Å². The summed E-state index contributed by atoms with van der Waals surface area (Å²) >= 11 is 0. The number of rotatable bonds is 7. The van der Waals surface area contributed by atoms with Crippen molar-refractivity contribution in [2.24, 2.45) is 0 Å². The molecule has 1 aromatic heterocycles. The smallest absolute Gasteiger partial charge is 0.224 e. The van der Waals surface area contributed by atoms with E-state index in [0.29, 0.717) is 5.89 Å². The van der Waals surface area contributed by atoms with Crippen LogP contribution in [-0.4, -0.2) is 53.9 Å². The highest BCUT2D eigenvalue weighted by atomic mass is 19.1. The van der Waals surface area contributed by atoms with E-state index in [1.807, 2.05) is 24.3 Å². The van der Waals surface area contributed by atoms with E-state index in [4.69, 9.17) is 4.42 Å². The van der Waals surface area contributed by atoms with Crippen LogP contribution in [0.15, 0.2) is 53.1 Å². The number of amides is 1. The highest BCUT2D eigenvalue weighted by Crippen LogP contribution is 2.24. The second-order valence-electron chi connectivity index (χ2n) is 8.07. The zero-order valence-electron chi connectivity index (χ0n) is 18.0. The summed E-state index contributed by atoms with van der Waals surface area (Å²) in [4.78, 5) is 21.1. The van der Waals surface area contributed by atoms with Crippen molar-refractivity contribution in [1.82, 2.24) is 14.8 Å². The summed E-state index contributed by atoms with van der Waals surface area (Å²) in [7, 11) is 2.14. The van der Waals surface area contributed by atoms with Crippen molar-refractivity contribution < 1.29 is 18.0 Å². The van der Waals surface area contributed by atoms with Crippen LogP contribution in [0.4, 0.5) is 14.5 Å². The quantitative estimate of drug-likeness (QED) is 0.603. The van der Waals surface area contributed by atoms with Gasteiger partial charge >= 0.3 is 0 Å². The van der Waals surface area contributed by atoms with Crippen molar-refractivity contribution in [1.29, 1.82) is 0 Å². The molecular weight excluding hydrogens is 414 g/mol. The molecule has 0 saturated carbocycles. The average molecular weight is 440 g/mol. The molecule has 1 amide bonds. The van der Waals surface area contributed by atoms with Crippen LogP contribution >= 0.6 is 0 Å². The van der Waals surface area contributed by atoms with E-state index in [2.05, 4.69) is 27.1 Å². The first-order valence-corrected chi connectivity index (χ1v) is 10.7. The normalized spacial score (nSPS) is 15.1. The van der Waals surface area contributed by atoms with Gasteiger partial charge in [0.15, 0.2) is 11.7 Å². The molecule has 1 N–H and O–H groups in total. The van der Waals surface area contributed by atoms with E-state index in [-0.39, 0.29) is 30.1 Å². The highest BCUT2D eigenvalue weighted by molar-refractivity contribution is 5.90. The predicted molar refractivity (Wildman–Crippen MR) is 118 cm³/mol. The van der Waals surface area contributed by atoms with Crippen LogP contribution in [0.5, 0.6) is 0 Å². The fraction of sp³-hybridized carbons (Fsp3) is 0.333. The second-order valence-corrected chi connectivity index (χ2v) is 8.07. The lowest BCUT2D eigenvalue weighted by Gasteiger charge is -2.32. The molecule has 0 unspecified atom stereocenters. The first kappa shape index (κ1) is 22.1. The van der Waals surface area contributed by atoms with Gasteiger partial charge in [-0.2, -0.15) is 0 Å². The van der Waals surface area contributed by atoms with Gasteiger partial charge in [-0.05, 0) is 36.9 Å². The van der Waals surface area contributed by atoms with E-state index in [9.17, 15) is 13.6 Å². The molecule has 2 aromatic carbocycles. The van der Waals surface area contributed by atoms with Gasteiger partial charge in [-0.25, -0.2) is 13.8 Å². The number of carbonyl (C=O) groups is 1. The van der Waals surface area contributed by atoms with Crippen LogP contribution < -0.4 is 5.32 Å². The Bertz CT molecular complexity index is 1060. The average Bonchev–Trinajstić information content (AvgIpc) is 3.24. The van der Waals surface area contributed by atoms with Gasteiger partial charge in [-0.15, -0.1) is 0 Å². The van der Waals surface area contributed by atoms with E-state index < -0.39 is 11.6 Å². The second kappa shape index (κ2) is 10.0. The molecule has 1 aliphatic heterocycles. The minimum absolute atomic E-state index is 0.131. The van der Waals surface area contributed by atoms with Crippen molar-refractivity contribution in [3.63, 3.8) is 0 Å². The molecule has 0 atom stereocenters. The predicted octanol–water partition coefficient (Wildman–Crippen LogP) is 3.94. The molecular formula is C24H26F2N4O2. The Morgan fingerprint density at radius 2 is 1.84 bits per heavy atom. The summed E-state index contributed by atoms with van der Waals surface area (Å²) in [6, 6.07) is 11.1. The first-order valence-electron chi connectivity index (χ1n) is 10.7. The van der Waals surface area contributed by atoms with Crippen LogP contribution in [0.2, 0.25) is 0 Å². The molecule has 6 nitrogen and oxygen atoms in total. The van der Waals surface area contributed by atoms with Crippen molar-refractivity contribution in [3.8, 4) is 11.3 Å². The molecule has 1 fully saturated rings. The number of nitrogens with zero attached hydrogens (tertiary/aromatic N) is 3. The zero-order valence-corrected chi connectivity index (χ0v) is 18.0. The van der Waals surface area contributed by atoms with Crippen molar-refractivity contribution >= 4 is 11.6 Å². The minimum atomic E-state index is -0.721. The molecule has 0 bridgehead atoms. The maximum absolute atomic E-state index is 13.9. The maximum Gasteiger partial charge on any atom is 0.224 e. The van der Waals surface area contributed by atoms with Gasteiger partial charge in [0.25, 0.3) is 0 Å². The van der Waals surface area contributed by atoms with Crippen LogP contribution in [0.25, 0.3) is 11.3 Å². The van der Waals surface area contributed by atoms with E-state index in [0.717, 1.165) is 50.5 Å². The number of anilines is 1. The molecule has 8 heteroatoms. The summed E-state index contributed by atoms with van der Waals surface area (Å²) in [6.07, 6.45) is 1.83. The molecule has 0 radical (unpaired) electrons. The Hall–Kier alpha value is -3.10. The summed E-state index contributed by atoms with van der Waals surface area (Å²) < 4.78 is 32.5. The van der Waals surface area contributed by atoms with Crippen molar-refractivity contribution in [3.05, 3.63) is 71.8 Å². The third-order valence-corrected chi connectivity index (χ3v) is 5.56. The molecule has 3 aromatic rings. The number of aromatic nitrogens is 1. The number of likely N-dealkylation sites (N-methyl/N-ethyl adjacent to an activating group) is 1. The standard InChI is InChI=1S/C24H26F2N4O2/c1-29-10-12-30(13-11-29)16-17-2-5-19(6-3-17)28-23(31)8-9-24-27-15-22(32-24)20-7-4-18(25)14-21(20)26/h2-7,14-15H,8-13,16H2,1H3,(H,28,31). The number of benzene rings is 2. The van der Waals surface area contributed by atoms with Crippen molar-refractivity contribution in [2.45, 2.75) is 19.4 Å². The van der Waals surface area contributed by atoms with Crippen LogP contribution in [0.1, 0.15) is 17.9 Å². The fourth-order valence-corrected chi connectivity index (χ4v) is 3.64. The Morgan fingerprint density at radius 1 is 1.09 bits per heavy atom. The molecule has 2 heterocycles. The fourth-order valence-electron chi connectivity index (χ4n) is 3.64. The number of hydrogen-bond donors (Lipinski definition) is 1. The van der Waals surface area contributed by atoms with Crippen LogP contribution in [-0.2, 0) is 17.8 Å². The minimum Gasteiger partial charge on any atom is -0.441 e. The van der Waals surface area contributed by atoms with E-state index in [1.54, 1.807) is 0 Å².